The molecule has 0 aliphatic heterocycles. The monoisotopic (exact) mass is 231 g/mol. The summed E-state index contributed by atoms with van der Waals surface area (Å²) < 4.78 is 28.6. The van der Waals surface area contributed by atoms with Crippen LogP contribution in [0.1, 0.15) is 5.56 Å². The van der Waals surface area contributed by atoms with E-state index in [0.717, 1.165) is 0 Å². The predicted octanol–water partition coefficient (Wildman–Crippen LogP) is 1.33. The number of halogens is 1. The van der Waals surface area contributed by atoms with Crippen molar-refractivity contribution in [3.05, 3.63) is 17.4 Å². The van der Waals surface area contributed by atoms with Gasteiger partial charge in [-0.1, -0.05) is 0 Å². The largest absolute Gasteiger partial charge is 0.493 e. The van der Waals surface area contributed by atoms with Crippen molar-refractivity contribution in [2.45, 2.75) is 6.54 Å². The molecule has 0 saturated heterocycles. The molecule has 0 atom stereocenters. The van der Waals surface area contributed by atoms with Gasteiger partial charge in [-0.05, 0) is 6.07 Å². The van der Waals surface area contributed by atoms with E-state index in [1.165, 1.54) is 27.4 Å². The van der Waals surface area contributed by atoms with Gasteiger partial charge in [0, 0.05) is 12.1 Å². The predicted molar refractivity (Wildman–Crippen MR) is 54.7 cm³/mol. The maximum Gasteiger partial charge on any atom is 0.211 e. The van der Waals surface area contributed by atoms with Crippen LogP contribution in [-0.2, 0) is 6.54 Å². The maximum atomic E-state index is 13.9. The number of hydroxylamine groups is 1. The van der Waals surface area contributed by atoms with Gasteiger partial charge in [-0.15, -0.1) is 0 Å². The van der Waals surface area contributed by atoms with Gasteiger partial charge in [0.2, 0.25) is 11.6 Å². The summed E-state index contributed by atoms with van der Waals surface area (Å²) >= 11 is 0. The number of methoxy groups -OCH3 is 3. The van der Waals surface area contributed by atoms with E-state index in [1.54, 1.807) is 0 Å². The second-order valence-corrected chi connectivity index (χ2v) is 2.95. The van der Waals surface area contributed by atoms with E-state index >= 15 is 0 Å². The minimum absolute atomic E-state index is 0.0131. The van der Waals surface area contributed by atoms with Gasteiger partial charge < -0.3 is 19.4 Å². The molecule has 1 aromatic rings. The fraction of sp³-hybridized carbons (Fsp3) is 0.400. The summed E-state index contributed by atoms with van der Waals surface area (Å²) in [7, 11) is 4.08. The minimum Gasteiger partial charge on any atom is -0.493 e. The third kappa shape index (κ3) is 2.17. The molecule has 0 spiro atoms. The average Bonchev–Trinajstić information content (AvgIpc) is 2.29. The molecule has 0 radical (unpaired) electrons. The van der Waals surface area contributed by atoms with E-state index < -0.39 is 5.82 Å². The molecule has 0 aliphatic rings. The summed E-state index contributed by atoms with van der Waals surface area (Å²) in [5, 5.41) is 8.62. The highest BCUT2D eigenvalue weighted by Gasteiger charge is 2.20. The van der Waals surface area contributed by atoms with E-state index in [-0.39, 0.29) is 23.8 Å². The van der Waals surface area contributed by atoms with Crippen molar-refractivity contribution in [1.29, 1.82) is 0 Å². The highest BCUT2D eigenvalue weighted by atomic mass is 19.1. The second kappa shape index (κ2) is 5.53. The molecule has 1 aromatic carbocycles. The Kier molecular flexibility index (Phi) is 4.33. The van der Waals surface area contributed by atoms with Crippen molar-refractivity contribution >= 4 is 0 Å². The lowest BCUT2D eigenvalue weighted by atomic mass is 10.1. The van der Waals surface area contributed by atoms with Crippen LogP contribution in [0.15, 0.2) is 6.07 Å². The molecule has 0 aliphatic carbocycles. The Labute approximate surface area is 92.7 Å². The molecule has 90 valence electrons. The molecule has 5 nitrogen and oxygen atoms in total. The van der Waals surface area contributed by atoms with Gasteiger partial charge in [-0.3, -0.25) is 0 Å². The first-order valence-electron chi connectivity index (χ1n) is 4.53. The van der Waals surface area contributed by atoms with E-state index in [9.17, 15) is 4.39 Å². The van der Waals surface area contributed by atoms with Crippen molar-refractivity contribution < 1.29 is 23.8 Å². The third-order valence-corrected chi connectivity index (χ3v) is 2.12. The van der Waals surface area contributed by atoms with Crippen LogP contribution in [0, 0.1) is 5.82 Å². The molecule has 0 saturated carbocycles. The summed E-state index contributed by atoms with van der Waals surface area (Å²) in [6, 6.07) is 1.53. The Balaban J connectivity index is 3.35. The second-order valence-electron chi connectivity index (χ2n) is 2.95. The molecule has 2 N–H and O–H groups in total. The van der Waals surface area contributed by atoms with Crippen LogP contribution in [0.5, 0.6) is 17.2 Å². The summed E-state index contributed by atoms with van der Waals surface area (Å²) in [4.78, 5) is 0. The lowest BCUT2D eigenvalue weighted by Crippen LogP contribution is -2.09. The molecule has 0 heterocycles. The highest BCUT2D eigenvalue weighted by molar-refractivity contribution is 5.52. The maximum absolute atomic E-state index is 13.9. The van der Waals surface area contributed by atoms with Gasteiger partial charge in [-0.25, -0.2) is 5.48 Å². The van der Waals surface area contributed by atoms with Crippen molar-refractivity contribution in [2.24, 2.45) is 0 Å². The average molecular weight is 231 g/mol. The molecule has 1 rings (SSSR count). The molecule has 0 amide bonds. The Morgan fingerprint density at radius 1 is 1.19 bits per heavy atom. The number of hydrogen-bond donors (Lipinski definition) is 2. The normalized spacial score (nSPS) is 10.1. The number of nitrogens with one attached hydrogen (secondary N) is 1. The zero-order valence-electron chi connectivity index (χ0n) is 9.33. The van der Waals surface area contributed by atoms with Gasteiger partial charge in [0.1, 0.15) is 0 Å². The quantitative estimate of drug-likeness (QED) is 0.749. The zero-order valence-corrected chi connectivity index (χ0v) is 9.33. The molecule has 6 heteroatoms. The van der Waals surface area contributed by atoms with Crippen LogP contribution < -0.4 is 19.7 Å². The molecule has 0 unspecified atom stereocenters. The lowest BCUT2D eigenvalue weighted by molar-refractivity contribution is 0.159. The van der Waals surface area contributed by atoms with Crippen LogP contribution in [0.3, 0.4) is 0 Å². The van der Waals surface area contributed by atoms with Crippen molar-refractivity contribution in [1.82, 2.24) is 5.48 Å². The fourth-order valence-corrected chi connectivity index (χ4v) is 1.42. The minimum atomic E-state index is -0.658. The zero-order chi connectivity index (χ0) is 12.1. The highest BCUT2D eigenvalue weighted by Crippen LogP contribution is 2.38. The number of ether oxygens (including phenoxy) is 3. The van der Waals surface area contributed by atoms with Gasteiger partial charge in [0.15, 0.2) is 11.5 Å². The van der Waals surface area contributed by atoms with Crippen LogP contribution in [-0.4, -0.2) is 26.5 Å². The van der Waals surface area contributed by atoms with Gasteiger partial charge in [-0.2, -0.15) is 4.39 Å². The van der Waals surface area contributed by atoms with Crippen molar-refractivity contribution in [3.63, 3.8) is 0 Å². The van der Waals surface area contributed by atoms with Crippen molar-refractivity contribution in [2.75, 3.05) is 21.3 Å². The Hall–Kier alpha value is -1.53. The van der Waals surface area contributed by atoms with Gasteiger partial charge in [0.05, 0.1) is 21.3 Å². The summed E-state index contributed by atoms with van der Waals surface area (Å²) in [5.41, 5.74) is 2.36. The summed E-state index contributed by atoms with van der Waals surface area (Å²) in [6.45, 7) is 0.0421. The van der Waals surface area contributed by atoms with Crippen LogP contribution >= 0.6 is 0 Å². The van der Waals surface area contributed by atoms with Crippen LogP contribution in [0.4, 0.5) is 4.39 Å². The van der Waals surface area contributed by atoms with E-state index in [0.29, 0.717) is 5.56 Å². The van der Waals surface area contributed by atoms with E-state index in [2.05, 4.69) is 0 Å². The molecular weight excluding hydrogens is 217 g/mol. The molecular formula is C10H14FNO4. The number of benzene rings is 1. The third-order valence-electron chi connectivity index (χ3n) is 2.12. The first-order valence-corrected chi connectivity index (χ1v) is 4.53. The first-order chi connectivity index (χ1) is 7.69. The SMILES string of the molecule is COc1cc(CNO)c(OC)c(F)c1OC. The van der Waals surface area contributed by atoms with Gasteiger partial charge in [0.25, 0.3) is 0 Å². The summed E-state index contributed by atoms with van der Waals surface area (Å²) in [6.07, 6.45) is 0. The Morgan fingerprint density at radius 3 is 2.25 bits per heavy atom. The topological polar surface area (TPSA) is 60.0 Å². The van der Waals surface area contributed by atoms with E-state index in [4.69, 9.17) is 19.4 Å². The van der Waals surface area contributed by atoms with Crippen LogP contribution in [0.2, 0.25) is 0 Å². The molecule has 0 fully saturated rings. The molecule has 0 bridgehead atoms. The smallest absolute Gasteiger partial charge is 0.211 e. The fourth-order valence-electron chi connectivity index (χ4n) is 1.42. The summed E-state index contributed by atoms with van der Waals surface area (Å²) in [5.74, 6) is -0.430. The molecule has 16 heavy (non-hydrogen) atoms. The Morgan fingerprint density at radius 2 is 1.81 bits per heavy atom. The first kappa shape index (κ1) is 12.5. The molecule has 0 aromatic heterocycles. The van der Waals surface area contributed by atoms with Crippen molar-refractivity contribution in [3.8, 4) is 17.2 Å². The lowest BCUT2D eigenvalue weighted by Gasteiger charge is -2.15. The van der Waals surface area contributed by atoms with Gasteiger partial charge >= 0.3 is 0 Å². The number of hydrogen-bond acceptors (Lipinski definition) is 5. The van der Waals surface area contributed by atoms with E-state index in [1.807, 2.05) is 5.48 Å². The number of rotatable bonds is 5. The standard InChI is InChI=1S/C10H14FNO4/c1-14-7-4-6(5-12-13)9(15-2)8(11)10(7)16-3/h4,12-13H,5H2,1-3H3. The Bertz CT molecular complexity index is 370. The van der Waals surface area contributed by atoms with Crippen LogP contribution in [0.25, 0.3) is 0 Å².